The van der Waals surface area contributed by atoms with E-state index in [1.165, 1.54) is 10.4 Å². The van der Waals surface area contributed by atoms with Gasteiger partial charge < -0.3 is 14.8 Å². The highest BCUT2D eigenvalue weighted by atomic mass is 32.2. The van der Waals surface area contributed by atoms with Gasteiger partial charge in [-0.25, -0.2) is 8.42 Å². The third-order valence-corrected chi connectivity index (χ3v) is 8.37. The van der Waals surface area contributed by atoms with Crippen LogP contribution in [0.15, 0.2) is 58.8 Å². The lowest BCUT2D eigenvalue weighted by Gasteiger charge is -2.25. The van der Waals surface area contributed by atoms with E-state index < -0.39 is 28.5 Å². The van der Waals surface area contributed by atoms with Crippen LogP contribution < -0.4 is 5.32 Å². The molecule has 0 spiro atoms. The number of nitrogens with zero attached hydrogens (tertiary/aromatic N) is 1. The number of rotatable bonds is 7. The summed E-state index contributed by atoms with van der Waals surface area (Å²) in [4.78, 5) is 24.8. The van der Waals surface area contributed by atoms with Crippen molar-refractivity contribution in [1.29, 1.82) is 0 Å². The number of nitrogens with one attached hydrogen (secondary N) is 1. The number of carbonyl (C=O) groups excluding carboxylic acids is 2. The second kappa shape index (κ2) is 9.78. The molecule has 0 aliphatic carbocycles. The van der Waals surface area contributed by atoms with Gasteiger partial charge in [0.25, 0.3) is 15.9 Å². The van der Waals surface area contributed by atoms with Crippen molar-refractivity contribution in [2.24, 2.45) is 0 Å². The van der Waals surface area contributed by atoms with Crippen LogP contribution in [0.25, 0.3) is 10.8 Å². The number of amides is 1. The highest BCUT2D eigenvalue weighted by Crippen LogP contribution is 2.26. The summed E-state index contributed by atoms with van der Waals surface area (Å²) in [5.41, 5.74) is 0.612. The monoisotopic (exact) mass is 474 g/mol. The summed E-state index contributed by atoms with van der Waals surface area (Å²) in [7, 11) is -3.60. The SMILES string of the molecule is O=C(COC(=O)Cc1ccc(S(=O)(=O)N2CCOCC2)s1)Nc1ccc2ccccc2c1. The highest BCUT2D eigenvalue weighted by Gasteiger charge is 2.28. The molecule has 0 bridgehead atoms. The van der Waals surface area contributed by atoms with Gasteiger partial charge in [-0.3, -0.25) is 9.59 Å². The molecule has 1 saturated heterocycles. The largest absolute Gasteiger partial charge is 0.455 e. The minimum Gasteiger partial charge on any atom is -0.455 e. The number of sulfonamides is 1. The van der Waals surface area contributed by atoms with Crippen molar-refractivity contribution in [2.75, 3.05) is 38.2 Å². The maximum absolute atomic E-state index is 12.7. The summed E-state index contributed by atoms with van der Waals surface area (Å²) >= 11 is 1.03. The molecule has 32 heavy (non-hydrogen) atoms. The topological polar surface area (TPSA) is 102 Å². The number of benzene rings is 2. The minimum absolute atomic E-state index is 0.105. The lowest BCUT2D eigenvalue weighted by atomic mass is 10.1. The maximum atomic E-state index is 12.7. The smallest absolute Gasteiger partial charge is 0.311 e. The van der Waals surface area contributed by atoms with Crippen LogP contribution in [0.5, 0.6) is 0 Å². The number of fused-ring (bicyclic) bond motifs is 1. The zero-order chi connectivity index (χ0) is 22.6. The quantitative estimate of drug-likeness (QED) is 0.528. The number of hydrogen-bond acceptors (Lipinski definition) is 7. The van der Waals surface area contributed by atoms with E-state index in [1.54, 1.807) is 12.1 Å². The Morgan fingerprint density at radius 3 is 2.56 bits per heavy atom. The molecule has 4 rings (SSSR count). The molecule has 168 valence electrons. The van der Waals surface area contributed by atoms with E-state index in [0.29, 0.717) is 36.9 Å². The number of ether oxygens (including phenoxy) is 2. The van der Waals surface area contributed by atoms with Crippen LogP contribution in [-0.2, 0) is 35.5 Å². The summed E-state index contributed by atoms with van der Waals surface area (Å²) in [5, 5.41) is 4.75. The molecule has 1 aromatic heterocycles. The standard InChI is InChI=1S/C22H22N2O6S2/c25-20(23-18-6-5-16-3-1-2-4-17(16)13-18)15-30-21(26)14-19-7-8-22(31-19)32(27,28)24-9-11-29-12-10-24/h1-8,13H,9-12,14-15H2,(H,23,25). The first-order chi connectivity index (χ1) is 15.4. The molecule has 2 heterocycles. The number of hydrogen-bond donors (Lipinski definition) is 1. The molecular weight excluding hydrogens is 452 g/mol. The number of esters is 1. The normalized spacial score (nSPS) is 14.9. The van der Waals surface area contributed by atoms with Gasteiger partial charge in [-0.1, -0.05) is 30.3 Å². The molecule has 1 aliphatic heterocycles. The van der Waals surface area contributed by atoms with Gasteiger partial charge in [0.2, 0.25) is 0 Å². The number of anilines is 1. The molecule has 1 N–H and O–H groups in total. The first kappa shape index (κ1) is 22.4. The fourth-order valence-electron chi connectivity index (χ4n) is 3.31. The van der Waals surface area contributed by atoms with Crippen LogP contribution in [-0.4, -0.2) is 57.5 Å². The van der Waals surface area contributed by atoms with Crippen LogP contribution in [0.3, 0.4) is 0 Å². The van der Waals surface area contributed by atoms with E-state index in [0.717, 1.165) is 22.1 Å². The fraction of sp³-hybridized carbons (Fsp3) is 0.273. The van der Waals surface area contributed by atoms with Gasteiger partial charge in [0.05, 0.1) is 19.6 Å². The first-order valence-corrected chi connectivity index (χ1v) is 12.3. The Morgan fingerprint density at radius 1 is 1.03 bits per heavy atom. The van der Waals surface area contributed by atoms with Gasteiger partial charge in [0.15, 0.2) is 6.61 Å². The number of thiophene rings is 1. The number of carbonyl (C=O) groups is 2. The van der Waals surface area contributed by atoms with E-state index in [2.05, 4.69) is 5.32 Å². The summed E-state index contributed by atoms with van der Waals surface area (Å²) in [6.07, 6.45) is -0.105. The summed E-state index contributed by atoms with van der Waals surface area (Å²) < 4.78 is 37.1. The Morgan fingerprint density at radius 2 is 1.78 bits per heavy atom. The van der Waals surface area contributed by atoms with Crippen LogP contribution in [0.4, 0.5) is 5.69 Å². The number of morpholine rings is 1. The molecule has 1 amide bonds. The molecule has 8 nitrogen and oxygen atoms in total. The van der Waals surface area contributed by atoms with Crippen molar-refractivity contribution in [3.05, 3.63) is 59.5 Å². The Kier molecular flexibility index (Phi) is 6.85. The maximum Gasteiger partial charge on any atom is 0.311 e. The van der Waals surface area contributed by atoms with Crippen LogP contribution >= 0.6 is 11.3 Å². The van der Waals surface area contributed by atoms with Crippen LogP contribution in [0.2, 0.25) is 0 Å². The molecule has 10 heteroatoms. The van der Waals surface area contributed by atoms with E-state index in [4.69, 9.17) is 9.47 Å². The molecule has 0 unspecified atom stereocenters. The van der Waals surface area contributed by atoms with E-state index >= 15 is 0 Å². The summed E-state index contributed by atoms with van der Waals surface area (Å²) in [6.45, 7) is 0.930. The Hall–Kier alpha value is -2.79. The predicted octanol–water partition coefficient (Wildman–Crippen LogP) is 2.65. The Bertz CT molecular complexity index is 1230. The fourth-order valence-corrected chi connectivity index (χ4v) is 6.21. The van der Waals surface area contributed by atoms with E-state index in [1.807, 2.05) is 36.4 Å². The zero-order valence-electron chi connectivity index (χ0n) is 17.2. The summed E-state index contributed by atoms with van der Waals surface area (Å²) in [6, 6.07) is 16.4. The molecule has 3 aromatic rings. The third-order valence-electron chi connectivity index (χ3n) is 4.92. The minimum atomic E-state index is -3.60. The molecule has 0 atom stereocenters. The van der Waals surface area contributed by atoms with Crippen molar-refractivity contribution in [2.45, 2.75) is 10.6 Å². The van der Waals surface area contributed by atoms with E-state index in [9.17, 15) is 18.0 Å². The van der Waals surface area contributed by atoms with Crippen molar-refractivity contribution >= 4 is 49.7 Å². The van der Waals surface area contributed by atoms with Gasteiger partial charge in [0.1, 0.15) is 4.21 Å². The second-order valence-corrected chi connectivity index (χ2v) is 10.5. The average Bonchev–Trinajstić information content (AvgIpc) is 3.27. The zero-order valence-corrected chi connectivity index (χ0v) is 18.8. The molecule has 0 radical (unpaired) electrons. The summed E-state index contributed by atoms with van der Waals surface area (Å²) in [5.74, 6) is -1.05. The van der Waals surface area contributed by atoms with Gasteiger partial charge in [-0.2, -0.15) is 4.31 Å². The van der Waals surface area contributed by atoms with Gasteiger partial charge in [0, 0.05) is 23.7 Å². The predicted molar refractivity (Wildman–Crippen MR) is 121 cm³/mol. The molecule has 1 aliphatic rings. The second-order valence-electron chi connectivity index (χ2n) is 7.18. The molecule has 1 fully saturated rings. The Labute approximate surface area is 189 Å². The van der Waals surface area contributed by atoms with Crippen LogP contribution in [0, 0.1) is 0 Å². The van der Waals surface area contributed by atoms with Gasteiger partial charge in [-0.05, 0) is 35.0 Å². The van der Waals surface area contributed by atoms with Gasteiger partial charge in [-0.15, -0.1) is 11.3 Å². The van der Waals surface area contributed by atoms with Crippen LogP contribution in [0.1, 0.15) is 4.88 Å². The molecular formula is C22H22N2O6S2. The lowest BCUT2D eigenvalue weighted by Crippen LogP contribution is -2.40. The Balaban J connectivity index is 1.28. The average molecular weight is 475 g/mol. The van der Waals surface area contributed by atoms with Crippen molar-refractivity contribution in [3.8, 4) is 0 Å². The van der Waals surface area contributed by atoms with Gasteiger partial charge >= 0.3 is 5.97 Å². The third kappa shape index (κ3) is 5.33. The van der Waals surface area contributed by atoms with Crippen molar-refractivity contribution < 1.29 is 27.5 Å². The van der Waals surface area contributed by atoms with Crippen molar-refractivity contribution in [1.82, 2.24) is 4.31 Å². The molecule has 2 aromatic carbocycles. The first-order valence-electron chi connectivity index (χ1n) is 10.0. The highest BCUT2D eigenvalue weighted by molar-refractivity contribution is 7.91. The molecule has 0 saturated carbocycles. The van der Waals surface area contributed by atoms with E-state index in [-0.39, 0.29) is 10.6 Å². The lowest BCUT2D eigenvalue weighted by molar-refractivity contribution is -0.146. The van der Waals surface area contributed by atoms with Crippen molar-refractivity contribution in [3.63, 3.8) is 0 Å².